The van der Waals surface area contributed by atoms with Crippen LogP contribution in [0.1, 0.15) is 29.3 Å². The molecule has 3 amide bonds. The standard InChI is InChI=1S/C22H22ClN3O5/c1-2-14-7-9-16(10-8-14)24-19(27)13-31-22(30)15-11-20(28)26(12-15)25-21(29)17-5-3-4-6-18(17)23/h3-10,15H,2,11-13H2,1H3,(H,24,27)(H,25,29)/t15-/m1/s1. The number of anilines is 1. The van der Waals surface area contributed by atoms with Crippen LogP contribution in [0, 0.1) is 5.92 Å². The maximum absolute atomic E-state index is 12.3. The lowest BCUT2D eigenvalue weighted by Gasteiger charge is -2.18. The first-order valence-corrected chi connectivity index (χ1v) is 10.2. The van der Waals surface area contributed by atoms with Crippen molar-refractivity contribution in [2.45, 2.75) is 19.8 Å². The van der Waals surface area contributed by atoms with Gasteiger partial charge in [0.1, 0.15) is 0 Å². The molecular formula is C22H22ClN3O5. The van der Waals surface area contributed by atoms with E-state index in [9.17, 15) is 19.2 Å². The number of nitrogens with zero attached hydrogens (tertiary/aromatic N) is 1. The van der Waals surface area contributed by atoms with Gasteiger partial charge in [-0.15, -0.1) is 0 Å². The van der Waals surface area contributed by atoms with Crippen molar-refractivity contribution in [2.24, 2.45) is 5.92 Å². The van der Waals surface area contributed by atoms with Gasteiger partial charge in [0.15, 0.2) is 6.61 Å². The lowest BCUT2D eigenvalue weighted by atomic mass is 10.1. The number of aryl methyl sites for hydroxylation is 1. The summed E-state index contributed by atoms with van der Waals surface area (Å²) in [5, 5.41) is 3.95. The fraction of sp³-hybridized carbons (Fsp3) is 0.273. The maximum Gasteiger partial charge on any atom is 0.311 e. The average Bonchev–Trinajstić information content (AvgIpc) is 3.13. The molecule has 0 spiro atoms. The van der Waals surface area contributed by atoms with Gasteiger partial charge in [-0.3, -0.25) is 29.6 Å². The Hall–Kier alpha value is -3.39. The predicted octanol–water partition coefficient (Wildman–Crippen LogP) is 2.58. The molecule has 31 heavy (non-hydrogen) atoms. The molecule has 0 aliphatic carbocycles. The minimum absolute atomic E-state index is 0.0477. The Morgan fingerprint density at radius 3 is 2.52 bits per heavy atom. The van der Waals surface area contributed by atoms with Crippen molar-refractivity contribution in [1.82, 2.24) is 10.4 Å². The summed E-state index contributed by atoms with van der Waals surface area (Å²) >= 11 is 5.99. The highest BCUT2D eigenvalue weighted by Crippen LogP contribution is 2.19. The Bertz CT molecular complexity index is 993. The van der Waals surface area contributed by atoms with Crippen LogP contribution in [0.2, 0.25) is 5.02 Å². The molecule has 3 rings (SSSR count). The van der Waals surface area contributed by atoms with Crippen LogP contribution >= 0.6 is 11.6 Å². The van der Waals surface area contributed by atoms with Gasteiger partial charge in [0, 0.05) is 12.1 Å². The van der Waals surface area contributed by atoms with Gasteiger partial charge in [0.2, 0.25) is 5.91 Å². The number of esters is 1. The van der Waals surface area contributed by atoms with E-state index in [-0.39, 0.29) is 23.6 Å². The highest BCUT2D eigenvalue weighted by atomic mass is 35.5. The quantitative estimate of drug-likeness (QED) is 0.640. The number of rotatable bonds is 7. The number of benzene rings is 2. The van der Waals surface area contributed by atoms with Gasteiger partial charge in [-0.05, 0) is 36.2 Å². The van der Waals surface area contributed by atoms with Gasteiger partial charge in [0.05, 0.1) is 23.0 Å². The molecule has 2 N–H and O–H groups in total. The summed E-state index contributed by atoms with van der Waals surface area (Å²) in [7, 11) is 0. The molecule has 1 saturated heterocycles. The van der Waals surface area contributed by atoms with Crippen molar-refractivity contribution in [2.75, 3.05) is 18.5 Å². The summed E-state index contributed by atoms with van der Waals surface area (Å²) < 4.78 is 5.05. The molecule has 1 atom stereocenters. The first-order valence-electron chi connectivity index (χ1n) is 9.78. The molecule has 0 unspecified atom stereocenters. The van der Waals surface area contributed by atoms with E-state index in [0.29, 0.717) is 5.69 Å². The Morgan fingerprint density at radius 2 is 1.84 bits per heavy atom. The zero-order valence-electron chi connectivity index (χ0n) is 16.9. The van der Waals surface area contributed by atoms with Gasteiger partial charge in [-0.1, -0.05) is 42.8 Å². The van der Waals surface area contributed by atoms with Gasteiger partial charge >= 0.3 is 5.97 Å². The first kappa shape index (κ1) is 22.3. The molecule has 0 bridgehead atoms. The SMILES string of the molecule is CCc1ccc(NC(=O)COC(=O)[C@@H]2CC(=O)N(NC(=O)c3ccccc3Cl)C2)cc1. The molecular weight excluding hydrogens is 422 g/mol. The monoisotopic (exact) mass is 443 g/mol. The Kier molecular flexibility index (Phi) is 7.25. The number of carbonyl (C=O) groups is 4. The molecule has 1 fully saturated rings. The van der Waals surface area contributed by atoms with Crippen LogP contribution in [0.4, 0.5) is 5.69 Å². The molecule has 1 heterocycles. The molecule has 0 aromatic heterocycles. The number of hydrogen-bond donors (Lipinski definition) is 2. The minimum Gasteiger partial charge on any atom is -0.455 e. The van der Waals surface area contributed by atoms with Gasteiger partial charge < -0.3 is 10.1 Å². The van der Waals surface area contributed by atoms with E-state index in [1.54, 1.807) is 30.3 Å². The van der Waals surface area contributed by atoms with E-state index < -0.39 is 36.2 Å². The lowest BCUT2D eigenvalue weighted by molar-refractivity contribution is -0.151. The normalized spacial score (nSPS) is 15.5. The number of ether oxygens (including phenoxy) is 1. The molecule has 9 heteroatoms. The largest absolute Gasteiger partial charge is 0.455 e. The summed E-state index contributed by atoms with van der Waals surface area (Å²) in [6, 6.07) is 13.8. The Morgan fingerprint density at radius 1 is 1.13 bits per heavy atom. The van der Waals surface area contributed by atoms with Gasteiger partial charge in [-0.25, -0.2) is 0 Å². The highest BCUT2D eigenvalue weighted by molar-refractivity contribution is 6.33. The van der Waals surface area contributed by atoms with Crippen molar-refractivity contribution in [3.8, 4) is 0 Å². The van der Waals surface area contributed by atoms with Crippen LogP contribution < -0.4 is 10.7 Å². The molecule has 2 aromatic rings. The molecule has 162 valence electrons. The third-order valence-electron chi connectivity index (χ3n) is 4.80. The molecule has 1 aliphatic rings. The number of hydrazine groups is 1. The zero-order chi connectivity index (χ0) is 22.4. The van der Waals surface area contributed by atoms with Crippen molar-refractivity contribution >= 4 is 41.0 Å². The van der Waals surface area contributed by atoms with Crippen molar-refractivity contribution in [3.05, 3.63) is 64.7 Å². The number of hydrogen-bond acceptors (Lipinski definition) is 5. The van der Waals surface area contributed by atoms with E-state index in [1.807, 2.05) is 19.1 Å². The second-order valence-corrected chi connectivity index (χ2v) is 7.44. The third kappa shape index (κ3) is 5.82. The molecule has 0 saturated carbocycles. The summed E-state index contributed by atoms with van der Waals surface area (Å²) in [5.41, 5.74) is 4.41. The molecule has 8 nitrogen and oxygen atoms in total. The van der Waals surface area contributed by atoms with E-state index in [1.165, 1.54) is 6.07 Å². The summed E-state index contributed by atoms with van der Waals surface area (Å²) in [4.78, 5) is 48.8. The maximum atomic E-state index is 12.3. The highest BCUT2D eigenvalue weighted by Gasteiger charge is 2.36. The van der Waals surface area contributed by atoms with Crippen LogP contribution in [0.25, 0.3) is 0 Å². The van der Waals surface area contributed by atoms with Crippen molar-refractivity contribution < 1.29 is 23.9 Å². The topological polar surface area (TPSA) is 105 Å². The van der Waals surface area contributed by atoms with Crippen molar-refractivity contribution in [1.29, 1.82) is 0 Å². The predicted molar refractivity (Wildman–Crippen MR) is 114 cm³/mol. The summed E-state index contributed by atoms with van der Waals surface area (Å²) in [6.45, 7) is 1.52. The summed E-state index contributed by atoms with van der Waals surface area (Å²) in [5.74, 6) is -2.93. The van der Waals surface area contributed by atoms with Crippen molar-refractivity contribution in [3.63, 3.8) is 0 Å². The van der Waals surface area contributed by atoms with E-state index in [4.69, 9.17) is 16.3 Å². The average molecular weight is 444 g/mol. The van der Waals surface area contributed by atoms with Gasteiger partial charge in [0.25, 0.3) is 11.8 Å². The van der Waals surface area contributed by atoms with Crippen LogP contribution in [-0.2, 0) is 25.5 Å². The first-order chi connectivity index (χ1) is 14.9. The Balaban J connectivity index is 1.47. The zero-order valence-corrected chi connectivity index (χ0v) is 17.6. The third-order valence-corrected chi connectivity index (χ3v) is 5.13. The Labute approximate surface area is 184 Å². The number of amides is 3. The van der Waals surface area contributed by atoms with E-state index in [2.05, 4.69) is 10.7 Å². The smallest absolute Gasteiger partial charge is 0.311 e. The van der Waals surface area contributed by atoms with E-state index in [0.717, 1.165) is 17.0 Å². The second-order valence-electron chi connectivity index (χ2n) is 7.03. The number of carbonyl (C=O) groups excluding carboxylic acids is 4. The summed E-state index contributed by atoms with van der Waals surface area (Å²) in [6.07, 6.45) is 0.767. The number of nitrogens with one attached hydrogen (secondary N) is 2. The van der Waals surface area contributed by atoms with Crippen LogP contribution in [-0.4, -0.2) is 41.9 Å². The lowest BCUT2D eigenvalue weighted by Crippen LogP contribution is -2.43. The fourth-order valence-electron chi connectivity index (χ4n) is 3.08. The fourth-order valence-corrected chi connectivity index (χ4v) is 3.30. The van der Waals surface area contributed by atoms with Crippen LogP contribution in [0.15, 0.2) is 48.5 Å². The molecule has 0 radical (unpaired) electrons. The molecule has 1 aliphatic heterocycles. The van der Waals surface area contributed by atoms with Crippen LogP contribution in [0.3, 0.4) is 0 Å². The van der Waals surface area contributed by atoms with Gasteiger partial charge in [-0.2, -0.15) is 0 Å². The van der Waals surface area contributed by atoms with Crippen LogP contribution in [0.5, 0.6) is 0 Å². The number of halogens is 1. The second kappa shape index (κ2) is 10.1. The minimum atomic E-state index is -0.782. The van der Waals surface area contributed by atoms with E-state index >= 15 is 0 Å². The molecule has 2 aromatic carbocycles.